The van der Waals surface area contributed by atoms with Crippen molar-refractivity contribution in [3.8, 4) is 0 Å². The zero-order chi connectivity index (χ0) is 27.8. The maximum Gasteiger partial charge on any atom is 0.407 e. The minimum absolute atomic E-state index is 0.128. The molecule has 0 bridgehead atoms. The molecular formula is C33H36N2O4. The molecule has 0 aliphatic rings. The van der Waals surface area contributed by atoms with Crippen molar-refractivity contribution >= 4 is 22.8 Å². The van der Waals surface area contributed by atoms with Gasteiger partial charge in [-0.2, -0.15) is 0 Å². The Morgan fingerprint density at radius 2 is 1.41 bits per heavy atom. The van der Waals surface area contributed by atoms with E-state index in [1.165, 1.54) is 0 Å². The van der Waals surface area contributed by atoms with Gasteiger partial charge in [0, 0.05) is 12.0 Å². The van der Waals surface area contributed by atoms with Gasteiger partial charge in [-0.1, -0.05) is 97.1 Å². The number of aliphatic hydroxyl groups is 1. The van der Waals surface area contributed by atoms with Crippen LogP contribution in [0.25, 0.3) is 10.8 Å². The Labute approximate surface area is 230 Å². The highest BCUT2D eigenvalue weighted by Gasteiger charge is 2.26. The molecule has 4 aromatic rings. The van der Waals surface area contributed by atoms with E-state index in [9.17, 15) is 14.7 Å². The van der Waals surface area contributed by atoms with Gasteiger partial charge in [0.25, 0.3) is 5.91 Å². The maximum absolute atomic E-state index is 13.5. The molecule has 3 N–H and O–H groups in total. The number of amides is 2. The number of ether oxygens (including phenoxy) is 1. The molecule has 0 saturated heterocycles. The molecule has 2 amide bonds. The molecule has 0 fully saturated rings. The Morgan fingerprint density at radius 3 is 2.08 bits per heavy atom. The predicted molar refractivity (Wildman–Crippen MR) is 155 cm³/mol. The summed E-state index contributed by atoms with van der Waals surface area (Å²) in [6.07, 6.45) is -1.01. The van der Waals surface area contributed by atoms with Crippen LogP contribution in [0, 0.1) is 0 Å². The van der Waals surface area contributed by atoms with Crippen LogP contribution >= 0.6 is 0 Å². The van der Waals surface area contributed by atoms with Crippen molar-refractivity contribution in [2.45, 2.75) is 57.9 Å². The van der Waals surface area contributed by atoms with E-state index in [0.29, 0.717) is 17.5 Å². The van der Waals surface area contributed by atoms with Gasteiger partial charge in [0.05, 0.1) is 17.7 Å². The van der Waals surface area contributed by atoms with Crippen LogP contribution in [0.2, 0.25) is 0 Å². The highest BCUT2D eigenvalue weighted by atomic mass is 16.5. The SMILES string of the molecule is CC(C)(C)NC(=O)c1c(C[C@@H](O)[C@H](Cc2ccccc2)NC(=O)OCc2ccccc2)ccc2ccccc12. The van der Waals surface area contributed by atoms with Gasteiger partial charge in [0.15, 0.2) is 0 Å². The monoisotopic (exact) mass is 524 g/mol. The second kappa shape index (κ2) is 12.6. The predicted octanol–water partition coefficient (Wildman–Crippen LogP) is 5.81. The number of fused-ring (bicyclic) bond motifs is 1. The normalized spacial score (nSPS) is 12.9. The van der Waals surface area contributed by atoms with Crippen molar-refractivity contribution in [2.24, 2.45) is 0 Å². The first-order chi connectivity index (χ1) is 18.7. The molecule has 0 aliphatic heterocycles. The summed E-state index contributed by atoms with van der Waals surface area (Å²) in [5.74, 6) is -0.198. The molecule has 0 spiro atoms. The zero-order valence-electron chi connectivity index (χ0n) is 22.7. The average Bonchev–Trinajstić information content (AvgIpc) is 2.91. The van der Waals surface area contributed by atoms with Gasteiger partial charge in [0.1, 0.15) is 6.61 Å². The summed E-state index contributed by atoms with van der Waals surface area (Å²) in [5.41, 5.74) is 2.66. The molecule has 0 saturated carbocycles. The molecule has 4 aromatic carbocycles. The topological polar surface area (TPSA) is 87.7 Å². The molecular weight excluding hydrogens is 488 g/mol. The average molecular weight is 525 g/mol. The van der Waals surface area contributed by atoms with Crippen molar-refractivity contribution in [3.63, 3.8) is 0 Å². The van der Waals surface area contributed by atoms with Gasteiger partial charge in [0.2, 0.25) is 0 Å². The molecule has 202 valence electrons. The van der Waals surface area contributed by atoms with E-state index in [0.717, 1.165) is 21.9 Å². The largest absolute Gasteiger partial charge is 0.445 e. The number of carbonyl (C=O) groups excluding carboxylic acids is 2. The third kappa shape index (κ3) is 7.91. The summed E-state index contributed by atoms with van der Waals surface area (Å²) < 4.78 is 5.45. The van der Waals surface area contributed by atoms with E-state index in [1.807, 2.05) is 118 Å². The van der Waals surface area contributed by atoms with Gasteiger partial charge < -0.3 is 20.5 Å². The lowest BCUT2D eigenvalue weighted by Crippen LogP contribution is -2.46. The molecule has 0 unspecified atom stereocenters. The lowest BCUT2D eigenvalue weighted by Gasteiger charge is -2.26. The summed E-state index contributed by atoms with van der Waals surface area (Å²) in [6.45, 7) is 5.94. The lowest BCUT2D eigenvalue weighted by molar-refractivity contribution is 0.0912. The van der Waals surface area contributed by atoms with Crippen molar-refractivity contribution in [1.29, 1.82) is 0 Å². The van der Waals surface area contributed by atoms with Gasteiger partial charge in [-0.15, -0.1) is 0 Å². The second-order valence-electron chi connectivity index (χ2n) is 10.8. The fourth-order valence-electron chi connectivity index (χ4n) is 4.59. The highest BCUT2D eigenvalue weighted by Crippen LogP contribution is 2.25. The number of nitrogens with one attached hydrogen (secondary N) is 2. The molecule has 39 heavy (non-hydrogen) atoms. The van der Waals surface area contributed by atoms with E-state index >= 15 is 0 Å². The minimum Gasteiger partial charge on any atom is -0.445 e. The standard InChI is InChI=1S/C33H36N2O4/c1-33(2,3)35-31(37)30-26(19-18-25-16-10-11-17-27(25)30)21-29(36)28(20-23-12-6-4-7-13-23)34-32(38)39-22-24-14-8-5-9-15-24/h4-19,28-29,36H,20-22H2,1-3H3,(H,34,38)(H,35,37)/t28-,29+/m0/s1. The molecule has 0 aromatic heterocycles. The Morgan fingerprint density at radius 1 is 0.795 bits per heavy atom. The number of aliphatic hydroxyl groups excluding tert-OH is 1. The molecule has 0 radical (unpaired) electrons. The van der Waals surface area contributed by atoms with Crippen LogP contribution in [0.15, 0.2) is 97.1 Å². The van der Waals surface area contributed by atoms with Crippen molar-refractivity contribution in [3.05, 3.63) is 119 Å². The first kappa shape index (κ1) is 27.9. The van der Waals surface area contributed by atoms with E-state index in [4.69, 9.17) is 4.74 Å². The third-order valence-electron chi connectivity index (χ3n) is 6.44. The second-order valence-corrected chi connectivity index (χ2v) is 10.8. The van der Waals surface area contributed by atoms with Crippen LogP contribution in [-0.2, 0) is 24.2 Å². The molecule has 6 nitrogen and oxygen atoms in total. The zero-order valence-corrected chi connectivity index (χ0v) is 22.7. The van der Waals surface area contributed by atoms with Gasteiger partial charge in [-0.3, -0.25) is 4.79 Å². The minimum atomic E-state index is -0.975. The van der Waals surface area contributed by atoms with E-state index < -0.39 is 23.8 Å². The van der Waals surface area contributed by atoms with Gasteiger partial charge in [-0.05, 0) is 54.7 Å². The summed E-state index contributed by atoms with van der Waals surface area (Å²) in [7, 11) is 0. The van der Waals surface area contributed by atoms with Crippen molar-refractivity contribution in [1.82, 2.24) is 10.6 Å². The summed E-state index contributed by atoms with van der Waals surface area (Å²) in [5, 5.41) is 19.2. The Hall–Kier alpha value is -4.16. The molecule has 2 atom stereocenters. The molecule has 0 heterocycles. The number of alkyl carbamates (subject to hydrolysis) is 1. The molecule has 6 heteroatoms. The quantitative estimate of drug-likeness (QED) is 0.258. The van der Waals surface area contributed by atoms with Crippen LogP contribution in [0.4, 0.5) is 4.79 Å². The van der Waals surface area contributed by atoms with Crippen LogP contribution in [-0.4, -0.2) is 34.8 Å². The van der Waals surface area contributed by atoms with Crippen LogP contribution in [0.5, 0.6) is 0 Å². The van der Waals surface area contributed by atoms with Gasteiger partial charge in [-0.25, -0.2) is 4.79 Å². The Balaban J connectivity index is 1.59. The smallest absolute Gasteiger partial charge is 0.407 e. The maximum atomic E-state index is 13.5. The number of carbonyl (C=O) groups is 2. The number of hydrogen-bond acceptors (Lipinski definition) is 4. The molecule has 4 rings (SSSR count). The van der Waals surface area contributed by atoms with Gasteiger partial charge >= 0.3 is 6.09 Å². The van der Waals surface area contributed by atoms with Crippen molar-refractivity contribution < 1.29 is 19.4 Å². The summed E-state index contributed by atoms with van der Waals surface area (Å²) >= 11 is 0. The number of rotatable bonds is 9. The first-order valence-electron chi connectivity index (χ1n) is 13.2. The fourth-order valence-corrected chi connectivity index (χ4v) is 4.59. The summed E-state index contributed by atoms with van der Waals surface area (Å²) in [4.78, 5) is 26.2. The fraction of sp³-hybridized carbons (Fsp3) is 0.273. The van der Waals surface area contributed by atoms with Crippen LogP contribution in [0.1, 0.15) is 47.8 Å². The Kier molecular flexibility index (Phi) is 8.99. The van der Waals surface area contributed by atoms with E-state index in [2.05, 4.69) is 10.6 Å². The van der Waals surface area contributed by atoms with Crippen LogP contribution < -0.4 is 10.6 Å². The first-order valence-corrected chi connectivity index (χ1v) is 13.2. The van der Waals surface area contributed by atoms with E-state index in [1.54, 1.807) is 0 Å². The number of benzene rings is 4. The van der Waals surface area contributed by atoms with Crippen LogP contribution in [0.3, 0.4) is 0 Å². The Bertz CT molecular complexity index is 1400. The lowest BCUT2D eigenvalue weighted by atomic mass is 9.90. The molecule has 0 aliphatic carbocycles. The highest BCUT2D eigenvalue weighted by molar-refractivity contribution is 6.08. The van der Waals surface area contributed by atoms with Crippen molar-refractivity contribution in [2.75, 3.05) is 0 Å². The summed E-state index contributed by atoms with van der Waals surface area (Å²) in [6, 6.07) is 30.0. The number of hydrogen-bond donors (Lipinski definition) is 3. The third-order valence-corrected chi connectivity index (χ3v) is 6.44. The van der Waals surface area contributed by atoms with E-state index in [-0.39, 0.29) is 18.9 Å².